The second-order valence-electron chi connectivity index (χ2n) is 3.46. The highest BCUT2D eigenvalue weighted by Gasteiger charge is 2.37. The molecular formula is C8H18ClNO4. The van der Waals surface area contributed by atoms with Gasteiger partial charge in [0.2, 0.25) is 0 Å². The molecule has 0 saturated carbocycles. The van der Waals surface area contributed by atoms with Gasteiger partial charge in [0.05, 0.1) is 12.2 Å². The van der Waals surface area contributed by atoms with Crippen molar-refractivity contribution in [3.05, 3.63) is 0 Å². The van der Waals surface area contributed by atoms with Gasteiger partial charge >= 0.3 is 0 Å². The van der Waals surface area contributed by atoms with Crippen molar-refractivity contribution in [1.82, 2.24) is 5.32 Å². The predicted molar refractivity (Wildman–Crippen MR) is 53.4 cm³/mol. The van der Waals surface area contributed by atoms with Crippen molar-refractivity contribution in [2.75, 3.05) is 6.54 Å². The molecule has 6 heteroatoms. The predicted octanol–water partition coefficient (Wildman–Crippen LogP) is -1.77. The summed E-state index contributed by atoms with van der Waals surface area (Å²) in [6.45, 7) is 2.05. The van der Waals surface area contributed by atoms with Gasteiger partial charge in [-0.1, -0.05) is 6.92 Å². The Morgan fingerprint density at radius 2 is 1.64 bits per heavy atom. The number of halogens is 1. The highest BCUT2D eigenvalue weighted by molar-refractivity contribution is 5.85. The standard InChI is InChI=1S/C8H17NO4.ClH/c1-2-4-6(11)8(13)7(12)5(10)3-9-4;/h4-13H,2-3H2,1H3;1H/t4-,5+,6-,7+,8+;/m0./s1. The summed E-state index contributed by atoms with van der Waals surface area (Å²) in [6, 6.07) is -0.276. The summed E-state index contributed by atoms with van der Waals surface area (Å²) in [5.41, 5.74) is 0. The van der Waals surface area contributed by atoms with Gasteiger partial charge in [0.15, 0.2) is 0 Å². The summed E-state index contributed by atoms with van der Waals surface area (Å²) in [7, 11) is 0. The van der Waals surface area contributed by atoms with Crippen molar-refractivity contribution in [3.8, 4) is 0 Å². The topological polar surface area (TPSA) is 93.0 Å². The van der Waals surface area contributed by atoms with E-state index in [-0.39, 0.29) is 25.0 Å². The van der Waals surface area contributed by atoms with Crippen molar-refractivity contribution in [2.24, 2.45) is 0 Å². The molecule has 1 aliphatic heterocycles. The van der Waals surface area contributed by atoms with E-state index >= 15 is 0 Å². The number of hydrogen-bond acceptors (Lipinski definition) is 5. The monoisotopic (exact) mass is 227 g/mol. The average molecular weight is 228 g/mol. The van der Waals surface area contributed by atoms with Crippen LogP contribution in [0.4, 0.5) is 0 Å². The Morgan fingerprint density at radius 3 is 2.14 bits per heavy atom. The van der Waals surface area contributed by atoms with E-state index in [4.69, 9.17) is 0 Å². The van der Waals surface area contributed by atoms with Gasteiger partial charge in [-0.05, 0) is 6.42 Å². The van der Waals surface area contributed by atoms with Crippen molar-refractivity contribution in [3.63, 3.8) is 0 Å². The van der Waals surface area contributed by atoms with Gasteiger partial charge in [-0.2, -0.15) is 0 Å². The Balaban J connectivity index is 0.00000169. The molecule has 0 aliphatic carbocycles. The van der Waals surface area contributed by atoms with Gasteiger partial charge < -0.3 is 25.7 Å². The van der Waals surface area contributed by atoms with Crippen molar-refractivity contribution in [2.45, 2.75) is 43.8 Å². The van der Waals surface area contributed by atoms with Crippen LogP contribution in [0, 0.1) is 0 Å². The molecule has 0 spiro atoms. The van der Waals surface area contributed by atoms with Crippen LogP contribution < -0.4 is 5.32 Å². The highest BCUT2D eigenvalue weighted by Crippen LogP contribution is 2.14. The molecular weight excluding hydrogens is 210 g/mol. The fourth-order valence-electron chi connectivity index (χ4n) is 1.57. The molecule has 0 aromatic heterocycles. The highest BCUT2D eigenvalue weighted by atomic mass is 35.5. The molecule has 0 amide bonds. The number of aliphatic hydroxyl groups is 4. The van der Waals surface area contributed by atoms with E-state index in [9.17, 15) is 20.4 Å². The molecule has 0 radical (unpaired) electrons. The Hall–Kier alpha value is 0.0900. The van der Waals surface area contributed by atoms with E-state index in [2.05, 4.69) is 5.32 Å². The first kappa shape index (κ1) is 14.1. The van der Waals surface area contributed by atoms with Crippen LogP contribution in [0.2, 0.25) is 0 Å². The summed E-state index contributed by atoms with van der Waals surface area (Å²) in [6.07, 6.45) is -3.98. The molecule has 1 saturated heterocycles. The molecule has 86 valence electrons. The van der Waals surface area contributed by atoms with Crippen molar-refractivity contribution < 1.29 is 20.4 Å². The summed E-state index contributed by atoms with van der Waals surface area (Å²) in [4.78, 5) is 0. The third kappa shape index (κ3) is 2.79. The maximum atomic E-state index is 9.52. The maximum absolute atomic E-state index is 9.52. The first-order valence-corrected chi connectivity index (χ1v) is 4.53. The normalized spacial score (nSPS) is 43.9. The van der Waals surface area contributed by atoms with Crippen LogP contribution in [-0.2, 0) is 0 Å². The van der Waals surface area contributed by atoms with Crippen LogP contribution in [0.5, 0.6) is 0 Å². The maximum Gasteiger partial charge on any atom is 0.110 e. The van der Waals surface area contributed by atoms with Crippen LogP contribution in [0.15, 0.2) is 0 Å². The van der Waals surface area contributed by atoms with Gasteiger partial charge in [0.1, 0.15) is 12.2 Å². The van der Waals surface area contributed by atoms with Crippen LogP contribution in [-0.4, -0.2) is 57.4 Å². The lowest BCUT2D eigenvalue weighted by Crippen LogP contribution is -2.47. The minimum Gasteiger partial charge on any atom is -0.389 e. The van der Waals surface area contributed by atoms with Crippen LogP contribution in [0.25, 0.3) is 0 Å². The van der Waals surface area contributed by atoms with Gasteiger partial charge in [-0.3, -0.25) is 0 Å². The Morgan fingerprint density at radius 1 is 1.07 bits per heavy atom. The molecule has 0 aromatic carbocycles. The van der Waals surface area contributed by atoms with Crippen LogP contribution in [0.1, 0.15) is 13.3 Å². The van der Waals surface area contributed by atoms with E-state index in [0.29, 0.717) is 6.42 Å². The fourth-order valence-corrected chi connectivity index (χ4v) is 1.57. The average Bonchev–Trinajstić information content (AvgIpc) is 2.22. The summed E-state index contributed by atoms with van der Waals surface area (Å²) >= 11 is 0. The van der Waals surface area contributed by atoms with Crippen molar-refractivity contribution in [1.29, 1.82) is 0 Å². The van der Waals surface area contributed by atoms with E-state index < -0.39 is 24.4 Å². The molecule has 0 aromatic rings. The molecule has 1 heterocycles. The number of nitrogens with one attached hydrogen (secondary N) is 1. The summed E-state index contributed by atoms with van der Waals surface area (Å²) < 4.78 is 0. The van der Waals surface area contributed by atoms with Gasteiger partial charge in [0, 0.05) is 12.6 Å². The van der Waals surface area contributed by atoms with Gasteiger partial charge in [0.25, 0.3) is 0 Å². The first-order valence-electron chi connectivity index (χ1n) is 4.53. The van der Waals surface area contributed by atoms with E-state index in [1.165, 1.54) is 0 Å². The third-order valence-electron chi connectivity index (χ3n) is 2.54. The largest absolute Gasteiger partial charge is 0.389 e. The quantitative estimate of drug-likeness (QED) is 0.366. The second-order valence-corrected chi connectivity index (χ2v) is 3.46. The molecule has 1 rings (SSSR count). The zero-order valence-electron chi connectivity index (χ0n) is 8.00. The van der Waals surface area contributed by atoms with E-state index in [1.807, 2.05) is 6.92 Å². The number of rotatable bonds is 1. The lowest BCUT2D eigenvalue weighted by atomic mass is 10.00. The van der Waals surface area contributed by atoms with E-state index in [1.54, 1.807) is 0 Å². The lowest BCUT2D eigenvalue weighted by Gasteiger charge is -2.25. The molecule has 0 unspecified atom stereocenters. The van der Waals surface area contributed by atoms with Gasteiger partial charge in [-0.25, -0.2) is 0 Å². The second kappa shape index (κ2) is 5.85. The minimum absolute atomic E-state index is 0. The van der Waals surface area contributed by atoms with Crippen molar-refractivity contribution >= 4 is 12.4 Å². The van der Waals surface area contributed by atoms with Crippen LogP contribution >= 0.6 is 12.4 Å². The minimum atomic E-state index is -1.28. The lowest BCUT2D eigenvalue weighted by molar-refractivity contribution is -0.0957. The Kier molecular flexibility index (Phi) is 5.88. The first-order chi connectivity index (χ1) is 6.07. The number of β-amino-alcohol motifs (C(OH)–C–C–N with tert-alkyl or cyclic N) is 1. The zero-order chi connectivity index (χ0) is 10.0. The number of hydrogen-bond donors (Lipinski definition) is 5. The molecule has 0 bridgehead atoms. The fraction of sp³-hybridized carbons (Fsp3) is 1.00. The zero-order valence-corrected chi connectivity index (χ0v) is 8.81. The smallest absolute Gasteiger partial charge is 0.110 e. The summed E-state index contributed by atoms with van der Waals surface area (Å²) in [5, 5.41) is 40.4. The molecule has 5 atom stereocenters. The molecule has 5 nitrogen and oxygen atoms in total. The van der Waals surface area contributed by atoms with Crippen LogP contribution in [0.3, 0.4) is 0 Å². The van der Waals surface area contributed by atoms with Gasteiger partial charge in [-0.15, -0.1) is 12.4 Å². The van der Waals surface area contributed by atoms with E-state index in [0.717, 1.165) is 0 Å². The third-order valence-corrected chi connectivity index (χ3v) is 2.54. The molecule has 14 heavy (non-hydrogen) atoms. The molecule has 1 fully saturated rings. The Bertz CT molecular complexity index is 169. The molecule has 1 aliphatic rings. The number of aliphatic hydroxyl groups excluding tert-OH is 4. The SMILES string of the molecule is CC[C@@H]1NC[C@@H](O)[C@@H](O)[C@H](O)[C@H]1O.Cl. The Labute approximate surface area is 89.2 Å². The summed E-state index contributed by atoms with van der Waals surface area (Å²) in [5.74, 6) is 0. The molecule has 5 N–H and O–H groups in total.